The van der Waals surface area contributed by atoms with Crippen molar-refractivity contribution < 1.29 is 0 Å². The smallest absolute Gasteiger partial charge is 0.134 e. The highest BCUT2D eigenvalue weighted by Gasteiger charge is 2.07. The number of rotatable bonds is 2. The second-order valence-corrected chi connectivity index (χ2v) is 4.87. The van der Waals surface area contributed by atoms with Crippen LogP contribution >= 0.6 is 0 Å². The number of hydrogen-bond acceptors (Lipinski definition) is 2. The van der Waals surface area contributed by atoms with Crippen LogP contribution in [0, 0.1) is 0 Å². The van der Waals surface area contributed by atoms with Crippen LogP contribution in [0.15, 0.2) is 42.5 Å². The van der Waals surface area contributed by atoms with Crippen molar-refractivity contribution in [2.75, 3.05) is 7.05 Å². The van der Waals surface area contributed by atoms with E-state index in [9.17, 15) is 0 Å². The standard InChI is InChI=1S/C12H10N2.C4H11N.C2H6/c1-2-6-9(5-1)12-13-10-7-3-4-8-11(10)14-12;1-4(2)5-3;1-2/h1-5,7-8H,6H2,(H,13,14);4-5H,1-3H3;1-2H3. The average molecular weight is 285 g/mol. The van der Waals surface area contributed by atoms with Crippen molar-refractivity contribution in [1.29, 1.82) is 0 Å². The van der Waals surface area contributed by atoms with Crippen LogP contribution in [0.5, 0.6) is 0 Å². The molecule has 1 aliphatic rings. The van der Waals surface area contributed by atoms with Gasteiger partial charge in [-0.3, -0.25) is 0 Å². The van der Waals surface area contributed by atoms with Gasteiger partial charge in [0, 0.05) is 6.04 Å². The minimum absolute atomic E-state index is 0.634. The van der Waals surface area contributed by atoms with Gasteiger partial charge >= 0.3 is 0 Å². The van der Waals surface area contributed by atoms with Gasteiger partial charge in [-0.1, -0.05) is 58.1 Å². The first-order chi connectivity index (χ1) is 10.2. The number of nitrogens with one attached hydrogen (secondary N) is 2. The maximum Gasteiger partial charge on any atom is 0.134 e. The average Bonchev–Trinajstić information content (AvgIpc) is 3.18. The lowest BCUT2D eigenvalue weighted by atomic mass is 10.2. The van der Waals surface area contributed by atoms with Gasteiger partial charge in [-0.25, -0.2) is 4.98 Å². The lowest BCUT2D eigenvalue weighted by Crippen LogP contribution is -2.15. The van der Waals surface area contributed by atoms with E-state index in [1.54, 1.807) is 0 Å². The molecule has 21 heavy (non-hydrogen) atoms. The molecule has 2 N–H and O–H groups in total. The Morgan fingerprint density at radius 1 is 1.19 bits per heavy atom. The number of imidazole rings is 1. The summed E-state index contributed by atoms with van der Waals surface area (Å²) >= 11 is 0. The van der Waals surface area contributed by atoms with E-state index < -0.39 is 0 Å². The zero-order valence-corrected chi connectivity index (χ0v) is 13.8. The van der Waals surface area contributed by atoms with Crippen LogP contribution in [0.25, 0.3) is 16.6 Å². The maximum atomic E-state index is 4.53. The van der Waals surface area contributed by atoms with E-state index in [1.165, 1.54) is 5.57 Å². The molecule has 0 fully saturated rings. The van der Waals surface area contributed by atoms with E-state index >= 15 is 0 Å². The van der Waals surface area contributed by atoms with Crippen LogP contribution in [0.2, 0.25) is 0 Å². The summed E-state index contributed by atoms with van der Waals surface area (Å²) in [6.45, 7) is 8.22. The Morgan fingerprint density at radius 2 is 1.86 bits per heavy atom. The van der Waals surface area contributed by atoms with Crippen molar-refractivity contribution in [3.8, 4) is 0 Å². The van der Waals surface area contributed by atoms with E-state index in [0.29, 0.717) is 6.04 Å². The van der Waals surface area contributed by atoms with Crippen LogP contribution in [0.4, 0.5) is 0 Å². The Hall–Kier alpha value is -1.87. The Bertz CT molecular complexity index is 558. The van der Waals surface area contributed by atoms with E-state index in [0.717, 1.165) is 23.3 Å². The monoisotopic (exact) mass is 285 g/mol. The fourth-order valence-electron chi connectivity index (χ4n) is 1.73. The van der Waals surface area contributed by atoms with Crippen LogP contribution in [-0.4, -0.2) is 23.1 Å². The highest BCUT2D eigenvalue weighted by atomic mass is 14.9. The van der Waals surface area contributed by atoms with Crippen molar-refractivity contribution in [2.24, 2.45) is 0 Å². The van der Waals surface area contributed by atoms with Crippen molar-refractivity contribution in [1.82, 2.24) is 15.3 Å². The first-order valence-electron chi connectivity index (χ1n) is 7.69. The number of benzene rings is 1. The Labute approximate surface area is 128 Å². The summed E-state index contributed by atoms with van der Waals surface area (Å²) in [6.07, 6.45) is 7.31. The van der Waals surface area contributed by atoms with Gasteiger partial charge in [-0.15, -0.1) is 0 Å². The van der Waals surface area contributed by atoms with Gasteiger partial charge in [-0.2, -0.15) is 0 Å². The maximum absolute atomic E-state index is 4.53. The Kier molecular flexibility index (Phi) is 7.48. The predicted octanol–water partition coefficient (Wildman–Crippen LogP) is 4.55. The third-order valence-corrected chi connectivity index (χ3v) is 3.04. The van der Waals surface area contributed by atoms with Crippen molar-refractivity contribution in [3.05, 3.63) is 48.3 Å². The number of fused-ring (bicyclic) bond motifs is 1. The van der Waals surface area contributed by atoms with Crippen molar-refractivity contribution in [2.45, 2.75) is 40.2 Å². The summed E-state index contributed by atoms with van der Waals surface area (Å²) < 4.78 is 0. The third kappa shape index (κ3) is 5.20. The molecule has 3 nitrogen and oxygen atoms in total. The minimum Gasteiger partial charge on any atom is -0.338 e. The van der Waals surface area contributed by atoms with E-state index in [-0.39, 0.29) is 0 Å². The molecule has 114 valence electrons. The van der Waals surface area contributed by atoms with E-state index in [1.807, 2.05) is 39.1 Å². The lowest BCUT2D eigenvalue weighted by Gasteiger charge is -1.95. The Balaban J connectivity index is 0.000000272. The van der Waals surface area contributed by atoms with Gasteiger partial charge in [0.1, 0.15) is 5.82 Å². The Morgan fingerprint density at radius 3 is 2.38 bits per heavy atom. The number of hydrogen-bond donors (Lipinski definition) is 2. The number of aromatic amines is 1. The second kappa shape index (κ2) is 9.14. The fraction of sp³-hybridized carbons (Fsp3) is 0.389. The third-order valence-electron chi connectivity index (χ3n) is 3.04. The molecular formula is C18H27N3. The quantitative estimate of drug-likeness (QED) is 0.850. The van der Waals surface area contributed by atoms with Gasteiger partial charge in [0.15, 0.2) is 0 Å². The molecular weight excluding hydrogens is 258 g/mol. The topological polar surface area (TPSA) is 40.7 Å². The molecule has 0 atom stereocenters. The number of allylic oxidation sites excluding steroid dienone is 4. The highest BCUT2D eigenvalue weighted by Crippen LogP contribution is 2.22. The van der Waals surface area contributed by atoms with Crippen molar-refractivity contribution in [3.63, 3.8) is 0 Å². The van der Waals surface area contributed by atoms with Gasteiger partial charge in [0.25, 0.3) is 0 Å². The van der Waals surface area contributed by atoms with Crippen LogP contribution in [0.3, 0.4) is 0 Å². The number of nitrogens with zero attached hydrogens (tertiary/aromatic N) is 1. The lowest BCUT2D eigenvalue weighted by molar-refractivity contribution is 0.668. The first kappa shape index (κ1) is 17.2. The molecule has 0 bridgehead atoms. The highest BCUT2D eigenvalue weighted by molar-refractivity contribution is 5.79. The molecule has 0 unspecified atom stereocenters. The molecule has 0 aliphatic heterocycles. The molecule has 1 heterocycles. The number of H-pyrrole nitrogens is 1. The molecule has 2 aromatic rings. The summed E-state index contributed by atoms with van der Waals surface area (Å²) in [6, 6.07) is 8.74. The first-order valence-corrected chi connectivity index (χ1v) is 7.69. The van der Waals surface area contributed by atoms with Gasteiger partial charge in [0.05, 0.1) is 11.0 Å². The van der Waals surface area contributed by atoms with Gasteiger partial charge < -0.3 is 10.3 Å². The molecule has 0 spiro atoms. The van der Waals surface area contributed by atoms with E-state index in [4.69, 9.17) is 0 Å². The molecule has 0 saturated carbocycles. The summed E-state index contributed by atoms with van der Waals surface area (Å²) in [5.41, 5.74) is 3.41. The molecule has 1 aliphatic carbocycles. The molecule has 3 heteroatoms. The molecule has 3 rings (SSSR count). The number of aromatic nitrogens is 2. The normalized spacial score (nSPS) is 12.6. The largest absolute Gasteiger partial charge is 0.338 e. The SMILES string of the molecule is C1=CCC(c2nc3ccccc3[nH]2)=C1.CC.CNC(C)C. The summed E-state index contributed by atoms with van der Waals surface area (Å²) in [5.74, 6) is 0.996. The molecule has 1 aromatic carbocycles. The summed E-state index contributed by atoms with van der Waals surface area (Å²) in [4.78, 5) is 7.85. The van der Waals surface area contributed by atoms with Gasteiger partial charge in [0.2, 0.25) is 0 Å². The van der Waals surface area contributed by atoms with Crippen molar-refractivity contribution >= 4 is 16.6 Å². The minimum atomic E-state index is 0.634. The zero-order valence-electron chi connectivity index (χ0n) is 13.8. The number of para-hydroxylation sites is 2. The predicted molar refractivity (Wildman–Crippen MR) is 93.4 cm³/mol. The van der Waals surface area contributed by atoms with Crippen LogP contribution < -0.4 is 5.32 Å². The molecule has 1 aromatic heterocycles. The molecule has 0 amide bonds. The summed E-state index contributed by atoms with van der Waals surface area (Å²) in [7, 11) is 1.95. The summed E-state index contributed by atoms with van der Waals surface area (Å²) in [5, 5.41) is 3.03. The molecule has 0 saturated heterocycles. The fourth-order valence-corrected chi connectivity index (χ4v) is 1.73. The van der Waals surface area contributed by atoms with Crippen LogP contribution in [-0.2, 0) is 0 Å². The van der Waals surface area contributed by atoms with Crippen LogP contribution in [0.1, 0.15) is 39.9 Å². The molecule has 0 radical (unpaired) electrons. The zero-order chi connectivity index (χ0) is 15.7. The second-order valence-electron chi connectivity index (χ2n) is 4.87. The van der Waals surface area contributed by atoms with E-state index in [2.05, 4.69) is 53.4 Å². The van der Waals surface area contributed by atoms with Gasteiger partial charge in [-0.05, 0) is 31.2 Å².